The van der Waals surface area contributed by atoms with Crippen molar-refractivity contribution in [3.63, 3.8) is 0 Å². The van der Waals surface area contributed by atoms with E-state index in [1.807, 2.05) is 6.92 Å². The summed E-state index contributed by atoms with van der Waals surface area (Å²) in [4.78, 5) is 22.1. The van der Waals surface area contributed by atoms with E-state index in [1.54, 1.807) is 6.92 Å². The van der Waals surface area contributed by atoms with E-state index in [9.17, 15) is 14.9 Å². The normalized spacial score (nSPS) is 11.2. The molecule has 0 bridgehead atoms. The first kappa shape index (κ1) is 15.8. The molecular weight excluding hydrogens is 258 g/mol. The van der Waals surface area contributed by atoms with Gasteiger partial charge < -0.3 is 0 Å². The van der Waals surface area contributed by atoms with Crippen molar-refractivity contribution >= 4 is 17.3 Å². The van der Waals surface area contributed by atoms with Gasteiger partial charge in [-0.25, -0.2) is 5.43 Å². The molecule has 0 aliphatic carbocycles. The van der Waals surface area contributed by atoms with Gasteiger partial charge in [0.15, 0.2) is 0 Å². The Labute approximate surface area is 118 Å². The standard InChI is InChI=1S/C14H19N3O3/c1-4-5-6-11(3)15-16-14(18)12-7-8-13(17(19)20)10(2)9-12/h7-9H,4-6H2,1-3H3,(H,16,18)/b15-11+. The van der Waals surface area contributed by atoms with Crippen molar-refractivity contribution in [3.8, 4) is 0 Å². The molecular formula is C14H19N3O3. The molecule has 0 aliphatic rings. The van der Waals surface area contributed by atoms with Gasteiger partial charge in [-0.3, -0.25) is 14.9 Å². The van der Waals surface area contributed by atoms with Crippen LogP contribution in [0.25, 0.3) is 0 Å². The Balaban J connectivity index is 2.73. The van der Waals surface area contributed by atoms with Crippen LogP contribution in [0.5, 0.6) is 0 Å². The largest absolute Gasteiger partial charge is 0.272 e. The average Bonchev–Trinajstić information content (AvgIpc) is 2.41. The first-order valence-electron chi connectivity index (χ1n) is 6.54. The quantitative estimate of drug-likeness (QED) is 0.492. The van der Waals surface area contributed by atoms with Gasteiger partial charge in [0.25, 0.3) is 11.6 Å². The minimum Gasteiger partial charge on any atom is -0.267 e. The Hall–Kier alpha value is -2.24. The summed E-state index contributed by atoms with van der Waals surface area (Å²) < 4.78 is 0. The Morgan fingerprint density at radius 1 is 1.45 bits per heavy atom. The number of aryl methyl sites for hydroxylation is 1. The molecule has 0 unspecified atom stereocenters. The molecule has 0 aliphatic heterocycles. The summed E-state index contributed by atoms with van der Waals surface area (Å²) in [7, 11) is 0. The second-order valence-electron chi connectivity index (χ2n) is 4.65. The maximum Gasteiger partial charge on any atom is 0.272 e. The lowest BCUT2D eigenvalue weighted by Gasteiger charge is -2.04. The highest BCUT2D eigenvalue weighted by Crippen LogP contribution is 2.18. The SMILES string of the molecule is CCCC/C(C)=N/NC(=O)c1ccc([N+](=O)[O-])c(C)c1. The highest BCUT2D eigenvalue weighted by molar-refractivity contribution is 5.95. The molecule has 1 aromatic rings. The monoisotopic (exact) mass is 277 g/mol. The topological polar surface area (TPSA) is 84.6 Å². The number of nitrogens with zero attached hydrogens (tertiary/aromatic N) is 2. The third kappa shape index (κ3) is 4.46. The number of hydrogen-bond acceptors (Lipinski definition) is 4. The molecule has 20 heavy (non-hydrogen) atoms. The first-order chi connectivity index (χ1) is 9.45. The fourth-order valence-electron chi connectivity index (χ4n) is 1.70. The minimum atomic E-state index is -0.468. The zero-order valence-corrected chi connectivity index (χ0v) is 12.0. The summed E-state index contributed by atoms with van der Waals surface area (Å²) >= 11 is 0. The van der Waals surface area contributed by atoms with Crippen molar-refractivity contribution in [2.75, 3.05) is 0 Å². The molecule has 0 radical (unpaired) electrons. The van der Waals surface area contributed by atoms with Crippen LogP contribution in [0.2, 0.25) is 0 Å². The van der Waals surface area contributed by atoms with Crippen LogP contribution >= 0.6 is 0 Å². The van der Waals surface area contributed by atoms with Gasteiger partial charge >= 0.3 is 0 Å². The van der Waals surface area contributed by atoms with Crippen molar-refractivity contribution in [3.05, 3.63) is 39.4 Å². The molecule has 1 amide bonds. The van der Waals surface area contributed by atoms with Crippen LogP contribution in [0.3, 0.4) is 0 Å². The summed E-state index contributed by atoms with van der Waals surface area (Å²) in [6, 6.07) is 4.25. The zero-order chi connectivity index (χ0) is 15.1. The van der Waals surface area contributed by atoms with Crippen molar-refractivity contribution < 1.29 is 9.72 Å². The van der Waals surface area contributed by atoms with Crippen LogP contribution in [0.4, 0.5) is 5.69 Å². The van der Waals surface area contributed by atoms with Crippen molar-refractivity contribution in [2.24, 2.45) is 5.10 Å². The second-order valence-corrected chi connectivity index (χ2v) is 4.65. The van der Waals surface area contributed by atoms with Crippen LogP contribution in [0.15, 0.2) is 23.3 Å². The number of hydrazone groups is 1. The third-order valence-corrected chi connectivity index (χ3v) is 2.90. The van der Waals surface area contributed by atoms with Crippen molar-refractivity contribution in [2.45, 2.75) is 40.0 Å². The van der Waals surface area contributed by atoms with Gasteiger partial charge in [-0.2, -0.15) is 5.10 Å². The fourth-order valence-corrected chi connectivity index (χ4v) is 1.70. The molecule has 0 saturated carbocycles. The van der Waals surface area contributed by atoms with E-state index in [-0.39, 0.29) is 11.6 Å². The predicted molar refractivity (Wildman–Crippen MR) is 77.9 cm³/mol. The summed E-state index contributed by atoms with van der Waals surface area (Å²) in [5, 5.41) is 14.7. The summed E-state index contributed by atoms with van der Waals surface area (Å²) in [5.41, 5.74) is 4.14. The minimum absolute atomic E-state index is 0.00387. The van der Waals surface area contributed by atoms with Gasteiger partial charge in [-0.15, -0.1) is 0 Å². The molecule has 0 fully saturated rings. The highest BCUT2D eigenvalue weighted by atomic mass is 16.6. The fraction of sp³-hybridized carbons (Fsp3) is 0.429. The van der Waals surface area contributed by atoms with Gasteiger partial charge in [-0.1, -0.05) is 13.3 Å². The maximum absolute atomic E-state index is 11.9. The van der Waals surface area contributed by atoms with Crippen LogP contribution in [0, 0.1) is 17.0 Å². The molecule has 6 heteroatoms. The lowest BCUT2D eigenvalue weighted by Crippen LogP contribution is -2.19. The molecule has 0 heterocycles. The van der Waals surface area contributed by atoms with E-state index in [0.717, 1.165) is 25.0 Å². The first-order valence-corrected chi connectivity index (χ1v) is 6.54. The lowest BCUT2D eigenvalue weighted by atomic mass is 10.1. The van der Waals surface area contributed by atoms with E-state index < -0.39 is 4.92 Å². The van der Waals surface area contributed by atoms with E-state index in [0.29, 0.717) is 11.1 Å². The average molecular weight is 277 g/mol. The number of nitrogens with one attached hydrogen (secondary N) is 1. The number of nitro benzene ring substituents is 1. The van der Waals surface area contributed by atoms with Gasteiger partial charge in [-0.05, 0) is 38.8 Å². The zero-order valence-electron chi connectivity index (χ0n) is 12.0. The number of hydrogen-bond donors (Lipinski definition) is 1. The van der Waals surface area contributed by atoms with Gasteiger partial charge in [0.1, 0.15) is 0 Å². The Kier molecular flexibility index (Phi) is 5.83. The van der Waals surface area contributed by atoms with Crippen molar-refractivity contribution in [1.82, 2.24) is 5.43 Å². The summed E-state index contributed by atoms with van der Waals surface area (Å²) in [6.45, 7) is 5.55. The van der Waals surface area contributed by atoms with Gasteiger partial charge in [0, 0.05) is 22.9 Å². The molecule has 1 rings (SSSR count). The van der Waals surface area contributed by atoms with Gasteiger partial charge in [0.05, 0.1) is 4.92 Å². The van der Waals surface area contributed by atoms with Crippen LogP contribution in [-0.4, -0.2) is 16.5 Å². The third-order valence-electron chi connectivity index (χ3n) is 2.90. The number of benzene rings is 1. The highest BCUT2D eigenvalue weighted by Gasteiger charge is 2.13. The number of carbonyl (C=O) groups excluding carboxylic acids is 1. The number of nitro groups is 1. The number of amides is 1. The molecule has 0 atom stereocenters. The van der Waals surface area contributed by atoms with E-state index in [2.05, 4.69) is 17.5 Å². The lowest BCUT2D eigenvalue weighted by molar-refractivity contribution is -0.385. The summed E-state index contributed by atoms with van der Waals surface area (Å²) in [5.74, 6) is -0.362. The molecule has 0 aromatic heterocycles. The Bertz CT molecular complexity index is 538. The number of unbranched alkanes of at least 4 members (excludes halogenated alkanes) is 1. The number of rotatable bonds is 6. The number of carbonyl (C=O) groups is 1. The summed E-state index contributed by atoms with van der Waals surface area (Å²) in [6.07, 6.45) is 2.94. The molecule has 108 valence electrons. The molecule has 1 N–H and O–H groups in total. The maximum atomic E-state index is 11.9. The van der Waals surface area contributed by atoms with Crippen LogP contribution < -0.4 is 5.43 Å². The molecule has 6 nitrogen and oxygen atoms in total. The van der Waals surface area contributed by atoms with Crippen LogP contribution in [-0.2, 0) is 0 Å². The molecule has 1 aromatic carbocycles. The molecule has 0 spiro atoms. The van der Waals surface area contributed by atoms with Crippen molar-refractivity contribution in [1.29, 1.82) is 0 Å². The predicted octanol–water partition coefficient (Wildman–Crippen LogP) is 3.20. The smallest absolute Gasteiger partial charge is 0.267 e. The van der Waals surface area contributed by atoms with Crippen LogP contribution in [0.1, 0.15) is 49.0 Å². The Morgan fingerprint density at radius 2 is 2.15 bits per heavy atom. The van der Waals surface area contributed by atoms with E-state index in [4.69, 9.17) is 0 Å². The van der Waals surface area contributed by atoms with E-state index in [1.165, 1.54) is 18.2 Å². The van der Waals surface area contributed by atoms with E-state index >= 15 is 0 Å². The Morgan fingerprint density at radius 3 is 2.70 bits per heavy atom. The van der Waals surface area contributed by atoms with Gasteiger partial charge in [0.2, 0.25) is 0 Å². The molecule has 0 saturated heterocycles. The second kappa shape index (κ2) is 7.37.